The van der Waals surface area contributed by atoms with Crippen molar-refractivity contribution in [2.24, 2.45) is 0 Å². The van der Waals surface area contributed by atoms with Gasteiger partial charge in [0.05, 0.1) is 0 Å². The van der Waals surface area contributed by atoms with Gasteiger partial charge in [-0.25, -0.2) is 0 Å². The summed E-state index contributed by atoms with van der Waals surface area (Å²) in [6.07, 6.45) is 0. The molecule has 19 heavy (non-hydrogen) atoms. The van der Waals surface area contributed by atoms with Crippen LogP contribution < -0.4 is 0 Å². The summed E-state index contributed by atoms with van der Waals surface area (Å²) in [7, 11) is 0. The van der Waals surface area contributed by atoms with E-state index in [1.165, 1.54) is 0 Å². The standard InChI is InChI=1S/C16H16BrClO/c1-10-6-11(2)8-12(7-10)16(3,19)14-5-4-13(17)9-15(14)18/h4-9,19H,1-3H3. The summed E-state index contributed by atoms with van der Waals surface area (Å²) in [6.45, 7) is 5.82. The molecule has 1 nitrogen and oxygen atoms in total. The average molecular weight is 340 g/mol. The van der Waals surface area contributed by atoms with Crippen LogP contribution in [0.15, 0.2) is 40.9 Å². The second-order valence-electron chi connectivity index (χ2n) is 5.07. The molecule has 2 aromatic rings. The van der Waals surface area contributed by atoms with Crippen LogP contribution in [0.1, 0.15) is 29.2 Å². The average Bonchev–Trinajstić information content (AvgIpc) is 2.26. The highest BCUT2D eigenvalue weighted by Gasteiger charge is 2.28. The van der Waals surface area contributed by atoms with Crippen molar-refractivity contribution in [2.75, 3.05) is 0 Å². The van der Waals surface area contributed by atoms with Crippen molar-refractivity contribution in [1.29, 1.82) is 0 Å². The quantitative estimate of drug-likeness (QED) is 0.818. The summed E-state index contributed by atoms with van der Waals surface area (Å²) in [5, 5.41) is 11.4. The Hall–Kier alpha value is -0.830. The minimum absolute atomic E-state index is 0.554. The highest BCUT2D eigenvalue weighted by atomic mass is 79.9. The second kappa shape index (κ2) is 5.28. The van der Waals surface area contributed by atoms with Crippen LogP contribution in [0.25, 0.3) is 0 Å². The predicted molar refractivity (Wildman–Crippen MR) is 83.7 cm³/mol. The highest BCUT2D eigenvalue weighted by molar-refractivity contribution is 9.10. The molecule has 0 bridgehead atoms. The van der Waals surface area contributed by atoms with Gasteiger partial charge in [-0.2, -0.15) is 0 Å². The SMILES string of the molecule is Cc1cc(C)cc(C(C)(O)c2ccc(Br)cc2Cl)c1. The number of benzene rings is 2. The van der Waals surface area contributed by atoms with Gasteiger partial charge in [0.15, 0.2) is 0 Å². The summed E-state index contributed by atoms with van der Waals surface area (Å²) < 4.78 is 0.900. The van der Waals surface area contributed by atoms with E-state index >= 15 is 0 Å². The molecule has 0 spiro atoms. The molecule has 0 aliphatic carbocycles. The van der Waals surface area contributed by atoms with Crippen LogP contribution in [-0.4, -0.2) is 5.11 Å². The molecule has 0 aliphatic heterocycles. The number of hydrogen-bond acceptors (Lipinski definition) is 1. The van der Waals surface area contributed by atoms with Gasteiger partial charge in [0.2, 0.25) is 0 Å². The third-order valence-electron chi connectivity index (χ3n) is 3.24. The van der Waals surface area contributed by atoms with E-state index in [0.717, 1.165) is 21.2 Å². The van der Waals surface area contributed by atoms with E-state index in [9.17, 15) is 5.11 Å². The summed E-state index contributed by atoms with van der Waals surface area (Å²) in [5.74, 6) is 0. The van der Waals surface area contributed by atoms with Gasteiger partial charge in [0.1, 0.15) is 5.60 Å². The first-order chi connectivity index (χ1) is 8.80. The Labute approximate surface area is 127 Å². The molecular formula is C16H16BrClO. The van der Waals surface area contributed by atoms with Crippen LogP contribution >= 0.6 is 27.5 Å². The highest BCUT2D eigenvalue weighted by Crippen LogP contribution is 2.36. The molecule has 1 N–H and O–H groups in total. The minimum Gasteiger partial charge on any atom is -0.381 e. The van der Waals surface area contributed by atoms with Crippen molar-refractivity contribution >= 4 is 27.5 Å². The maximum atomic E-state index is 10.9. The van der Waals surface area contributed by atoms with Gasteiger partial charge in [-0.1, -0.05) is 62.9 Å². The van der Waals surface area contributed by atoms with Gasteiger partial charge in [-0.3, -0.25) is 0 Å². The Kier molecular flexibility index (Phi) is 4.05. The first-order valence-electron chi connectivity index (χ1n) is 6.07. The molecule has 0 saturated carbocycles. The summed E-state index contributed by atoms with van der Waals surface area (Å²) in [4.78, 5) is 0. The Bertz CT molecular complexity index is 600. The number of aliphatic hydroxyl groups is 1. The molecule has 3 heteroatoms. The van der Waals surface area contributed by atoms with Crippen LogP contribution in [0.4, 0.5) is 0 Å². The van der Waals surface area contributed by atoms with Crippen LogP contribution in [0.3, 0.4) is 0 Å². The van der Waals surface area contributed by atoms with Crippen molar-refractivity contribution in [3.05, 3.63) is 68.1 Å². The first kappa shape index (κ1) is 14.6. The van der Waals surface area contributed by atoms with E-state index in [4.69, 9.17) is 11.6 Å². The Balaban J connectivity index is 2.57. The van der Waals surface area contributed by atoms with Crippen LogP contribution in [0.5, 0.6) is 0 Å². The van der Waals surface area contributed by atoms with Gasteiger partial charge in [0.25, 0.3) is 0 Å². The van der Waals surface area contributed by atoms with Crippen molar-refractivity contribution in [2.45, 2.75) is 26.4 Å². The molecule has 2 aromatic carbocycles. The van der Waals surface area contributed by atoms with Crippen LogP contribution in [0.2, 0.25) is 5.02 Å². The van der Waals surface area contributed by atoms with Crippen molar-refractivity contribution < 1.29 is 5.11 Å². The fraction of sp³-hybridized carbons (Fsp3) is 0.250. The summed E-state index contributed by atoms with van der Waals surface area (Å²) in [6, 6.07) is 11.6. The number of hydrogen-bond donors (Lipinski definition) is 1. The zero-order valence-corrected chi connectivity index (χ0v) is 13.5. The maximum Gasteiger partial charge on any atom is 0.113 e. The molecule has 0 aliphatic rings. The van der Waals surface area contributed by atoms with Crippen LogP contribution in [0, 0.1) is 13.8 Å². The van der Waals surface area contributed by atoms with E-state index in [-0.39, 0.29) is 0 Å². The Morgan fingerprint density at radius 3 is 2.16 bits per heavy atom. The second-order valence-corrected chi connectivity index (χ2v) is 6.40. The Morgan fingerprint density at radius 2 is 1.63 bits per heavy atom. The molecule has 2 rings (SSSR count). The monoisotopic (exact) mass is 338 g/mol. The predicted octanol–water partition coefficient (Wildman–Crippen LogP) is 4.98. The number of rotatable bonds is 2. The summed E-state index contributed by atoms with van der Waals surface area (Å²) in [5.41, 5.74) is 2.72. The van der Waals surface area contributed by atoms with Crippen molar-refractivity contribution in [1.82, 2.24) is 0 Å². The van der Waals surface area contributed by atoms with E-state index < -0.39 is 5.60 Å². The zero-order valence-electron chi connectivity index (χ0n) is 11.2. The number of aryl methyl sites for hydroxylation is 2. The third kappa shape index (κ3) is 3.02. The van der Waals surface area contributed by atoms with Gasteiger partial charge in [-0.05, 0) is 38.5 Å². The Morgan fingerprint density at radius 1 is 1.05 bits per heavy atom. The maximum absolute atomic E-state index is 10.9. The number of halogens is 2. The largest absolute Gasteiger partial charge is 0.381 e. The minimum atomic E-state index is -1.10. The lowest BCUT2D eigenvalue weighted by atomic mass is 9.86. The fourth-order valence-corrected chi connectivity index (χ4v) is 3.15. The van der Waals surface area contributed by atoms with E-state index in [2.05, 4.69) is 22.0 Å². The van der Waals surface area contributed by atoms with E-state index in [1.807, 2.05) is 38.1 Å². The first-order valence-corrected chi connectivity index (χ1v) is 7.24. The van der Waals surface area contributed by atoms with Gasteiger partial charge in [0, 0.05) is 15.1 Å². The fourth-order valence-electron chi connectivity index (χ4n) is 2.30. The smallest absolute Gasteiger partial charge is 0.113 e. The van der Waals surface area contributed by atoms with E-state index in [0.29, 0.717) is 10.6 Å². The molecule has 100 valence electrons. The molecule has 0 saturated heterocycles. The lowest BCUT2D eigenvalue weighted by Gasteiger charge is -2.26. The normalized spacial score (nSPS) is 14.2. The molecule has 1 unspecified atom stereocenters. The molecule has 0 amide bonds. The lowest BCUT2D eigenvalue weighted by Crippen LogP contribution is -2.23. The molecule has 0 aromatic heterocycles. The molecule has 1 atom stereocenters. The zero-order chi connectivity index (χ0) is 14.2. The van der Waals surface area contributed by atoms with Gasteiger partial charge >= 0.3 is 0 Å². The molecule has 0 fully saturated rings. The lowest BCUT2D eigenvalue weighted by molar-refractivity contribution is 0.102. The van der Waals surface area contributed by atoms with Crippen LogP contribution in [-0.2, 0) is 5.60 Å². The topological polar surface area (TPSA) is 20.2 Å². The van der Waals surface area contributed by atoms with Gasteiger partial charge in [-0.15, -0.1) is 0 Å². The summed E-state index contributed by atoms with van der Waals surface area (Å²) >= 11 is 9.63. The van der Waals surface area contributed by atoms with E-state index in [1.54, 1.807) is 13.0 Å². The van der Waals surface area contributed by atoms with Gasteiger partial charge < -0.3 is 5.11 Å². The molecule has 0 radical (unpaired) electrons. The molecular weight excluding hydrogens is 324 g/mol. The van der Waals surface area contributed by atoms with Crippen molar-refractivity contribution in [3.63, 3.8) is 0 Å². The third-order valence-corrected chi connectivity index (χ3v) is 4.05. The molecule has 0 heterocycles. The van der Waals surface area contributed by atoms with Crippen molar-refractivity contribution in [3.8, 4) is 0 Å².